The molecular formula is C23H24O7S. The second kappa shape index (κ2) is 8.44. The quantitative estimate of drug-likeness (QED) is 0.716. The zero-order valence-corrected chi connectivity index (χ0v) is 17.6. The Labute approximate surface area is 181 Å². The second-order valence-electron chi connectivity index (χ2n) is 8.13. The Morgan fingerprint density at radius 3 is 2.23 bits per heavy atom. The van der Waals surface area contributed by atoms with Gasteiger partial charge in [-0.1, -0.05) is 48.5 Å². The van der Waals surface area contributed by atoms with Gasteiger partial charge in [0.15, 0.2) is 21.9 Å². The Bertz CT molecular complexity index is 1020. The molecule has 0 aromatic heterocycles. The highest BCUT2D eigenvalue weighted by Crippen LogP contribution is 2.37. The van der Waals surface area contributed by atoms with E-state index in [1.807, 2.05) is 30.3 Å². The van der Waals surface area contributed by atoms with Crippen LogP contribution in [0.1, 0.15) is 24.7 Å². The third-order valence-corrected chi connectivity index (χ3v) is 7.73. The van der Waals surface area contributed by atoms with Crippen LogP contribution in [0.5, 0.6) is 0 Å². The predicted octanol–water partition coefficient (Wildman–Crippen LogP) is 2.46. The normalized spacial score (nSPS) is 33.4. The number of ether oxygens (including phenoxy) is 4. The van der Waals surface area contributed by atoms with E-state index in [1.165, 1.54) is 12.1 Å². The largest absolute Gasteiger partial charge is 0.367 e. The van der Waals surface area contributed by atoms with Crippen LogP contribution >= 0.6 is 0 Å². The van der Waals surface area contributed by atoms with Crippen molar-refractivity contribution in [2.75, 3.05) is 12.4 Å². The highest BCUT2D eigenvalue weighted by molar-refractivity contribution is 7.91. The molecule has 164 valence electrons. The molecule has 8 heteroatoms. The maximum atomic E-state index is 12.7. The summed E-state index contributed by atoms with van der Waals surface area (Å²) in [6.45, 7) is 0.369. The number of rotatable bonds is 4. The Kier molecular flexibility index (Phi) is 5.66. The maximum absolute atomic E-state index is 12.7. The molecular weight excluding hydrogens is 420 g/mol. The van der Waals surface area contributed by atoms with Crippen molar-refractivity contribution >= 4 is 15.6 Å². The molecule has 0 aliphatic carbocycles. The van der Waals surface area contributed by atoms with Gasteiger partial charge in [-0.15, -0.1) is 0 Å². The smallest absolute Gasteiger partial charge is 0.184 e. The number of sulfone groups is 1. The average Bonchev–Trinajstić information content (AvgIpc) is 2.79. The molecule has 0 radical (unpaired) electrons. The van der Waals surface area contributed by atoms with Crippen molar-refractivity contribution in [3.05, 3.63) is 66.2 Å². The minimum absolute atomic E-state index is 0.130. The summed E-state index contributed by atoms with van der Waals surface area (Å²) in [6.07, 6.45) is -2.17. The van der Waals surface area contributed by atoms with Gasteiger partial charge in [0, 0.05) is 18.4 Å². The van der Waals surface area contributed by atoms with E-state index in [2.05, 4.69) is 0 Å². The van der Waals surface area contributed by atoms with E-state index < -0.39 is 34.4 Å². The summed E-state index contributed by atoms with van der Waals surface area (Å²) in [5, 5.41) is 0. The zero-order chi connectivity index (χ0) is 21.4. The fourth-order valence-electron chi connectivity index (χ4n) is 4.38. The van der Waals surface area contributed by atoms with Gasteiger partial charge in [0.25, 0.3) is 0 Å². The highest BCUT2D eigenvalue weighted by Gasteiger charge is 2.48. The molecule has 0 bridgehead atoms. The molecule has 6 atom stereocenters. The first-order valence-corrected chi connectivity index (χ1v) is 12.1. The summed E-state index contributed by atoms with van der Waals surface area (Å²) >= 11 is 0. The number of Topliss-reactive ketones (excluding diaryl/α,β-unsaturated/α-hetero) is 1. The number of ketones is 1. The lowest BCUT2D eigenvalue weighted by molar-refractivity contribution is -0.310. The number of benzene rings is 2. The summed E-state index contributed by atoms with van der Waals surface area (Å²) in [5.41, 5.74) is 0.926. The lowest BCUT2D eigenvalue weighted by atomic mass is 9.91. The molecule has 3 saturated heterocycles. The molecule has 0 amide bonds. The first-order valence-electron chi connectivity index (χ1n) is 10.4. The molecule has 2 aromatic rings. The van der Waals surface area contributed by atoms with Crippen LogP contribution in [-0.4, -0.2) is 57.1 Å². The van der Waals surface area contributed by atoms with Crippen molar-refractivity contribution in [3.8, 4) is 0 Å². The molecule has 0 spiro atoms. The molecule has 3 fully saturated rings. The van der Waals surface area contributed by atoms with E-state index in [0.29, 0.717) is 13.0 Å². The minimum atomic E-state index is -3.64. The number of hydrogen-bond donors (Lipinski definition) is 0. The molecule has 7 nitrogen and oxygen atoms in total. The van der Waals surface area contributed by atoms with Gasteiger partial charge in [-0.25, -0.2) is 8.42 Å². The minimum Gasteiger partial charge on any atom is -0.367 e. The summed E-state index contributed by atoms with van der Waals surface area (Å²) in [5.74, 6) is -0.622. The predicted molar refractivity (Wildman–Crippen MR) is 110 cm³/mol. The van der Waals surface area contributed by atoms with E-state index in [4.69, 9.17) is 18.9 Å². The second-order valence-corrected chi connectivity index (χ2v) is 10.2. The van der Waals surface area contributed by atoms with Gasteiger partial charge in [-0.05, 0) is 12.1 Å². The van der Waals surface area contributed by atoms with Gasteiger partial charge in [-0.2, -0.15) is 0 Å². The first-order chi connectivity index (χ1) is 15.0. The van der Waals surface area contributed by atoms with Crippen LogP contribution in [-0.2, 0) is 33.6 Å². The van der Waals surface area contributed by atoms with Crippen LogP contribution in [0.15, 0.2) is 65.6 Å². The van der Waals surface area contributed by atoms with Crippen LogP contribution in [0.25, 0.3) is 0 Å². The van der Waals surface area contributed by atoms with Crippen LogP contribution < -0.4 is 0 Å². The lowest BCUT2D eigenvalue weighted by Gasteiger charge is -2.47. The number of carbonyl (C=O) groups excluding carboxylic acids is 1. The molecule has 3 aliphatic rings. The van der Waals surface area contributed by atoms with Gasteiger partial charge in [0.1, 0.15) is 12.2 Å². The molecule has 1 unspecified atom stereocenters. The molecule has 31 heavy (non-hydrogen) atoms. The standard InChI is InChI=1S/C23H24O7S/c24-17-11-18-19(29-22(17)14-31(25,26)16-9-5-2-6-10-16)12-20-21(28-18)13-27-23(30-20)15-7-3-1-4-8-15/h1-10,18-23H,11-14H2/t18-,19+,20-,21+,22-,23?/m0/s1. The van der Waals surface area contributed by atoms with Crippen molar-refractivity contribution in [1.29, 1.82) is 0 Å². The first kappa shape index (κ1) is 20.8. The van der Waals surface area contributed by atoms with Crippen molar-refractivity contribution in [2.24, 2.45) is 0 Å². The molecule has 0 N–H and O–H groups in total. The maximum Gasteiger partial charge on any atom is 0.184 e. The molecule has 3 heterocycles. The average molecular weight is 445 g/mol. The fraction of sp³-hybridized carbons (Fsp3) is 0.435. The van der Waals surface area contributed by atoms with E-state index in [1.54, 1.807) is 18.2 Å². The molecule has 2 aromatic carbocycles. The van der Waals surface area contributed by atoms with Crippen molar-refractivity contribution < 1.29 is 32.2 Å². The van der Waals surface area contributed by atoms with Gasteiger partial charge in [0.2, 0.25) is 0 Å². The summed E-state index contributed by atoms with van der Waals surface area (Å²) in [4.78, 5) is 12.8. The molecule has 3 aliphatic heterocycles. The van der Waals surface area contributed by atoms with Crippen LogP contribution in [0.4, 0.5) is 0 Å². The fourth-order valence-corrected chi connectivity index (χ4v) is 5.81. The SMILES string of the molecule is O=C1C[C@@H]2O[C@@H]3COC(c4ccccc4)O[C@H]3C[C@H]2O[C@H]1CS(=O)(=O)c1ccccc1. The Morgan fingerprint density at radius 1 is 0.806 bits per heavy atom. The number of carbonyl (C=O) groups is 1. The van der Waals surface area contributed by atoms with Crippen LogP contribution in [0, 0.1) is 0 Å². The third-order valence-electron chi connectivity index (χ3n) is 6.00. The van der Waals surface area contributed by atoms with Crippen LogP contribution in [0.2, 0.25) is 0 Å². The van der Waals surface area contributed by atoms with E-state index in [-0.39, 0.29) is 35.1 Å². The highest BCUT2D eigenvalue weighted by atomic mass is 32.2. The lowest BCUT2D eigenvalue weighted by Crippen LogP contribution is -2.58. The van der Waals surface area contributed by atoms with Gasteiger partial charge >= 0.3 is 0 Å². The van der Waals surface area contributed by atoms with Crippen molar-refractivity contribution in [2.45, 2.75) is 54.5 Å². The molecule has 0 saturated carbocycles. The Balaban J connectivity index is 1.27. The van der Waals surface area contributed by atoms with Gasteiger partial charge < -0.3 is 18.9 Å². The third kappa shape index (κ3) is 4.31. The summed E-state index contributed by atoms with van der Waals surface area (Å²) < 4.78 is 49.5. The van der Waals surface area contributed by atoms with Crippen molar-refractivity contribution in [1.82, 2.24) is 0 Å². The van der Waals surface area contributed by atoms with Crippen molar-refractivity contribution in [3.63, 3.8) is 0 Å². The van der Waals surface area contributed by atoms with Gasteiger partial charge in [0.05, 0.1) is 35.6 Å². The van der Waals surface area contributed by atoms with Gasteiger partial charge in [-0.3, -0.25) is 4.79 Å². The number of hydrogen-bond acceptors (Lipinski definition) is 7. The zero-order valence-electron chi connectivity index (χ0n) is 16.8. The Hall–Kier alpha value is -2.10. The summed E-state index contributed by atoms with van der Waals surface area (Å²) in [7, 11) is -3.64. The topological polar surface area (TPSA) is 88.1 Å². The van der Waals surface area contributed by atoms with Crippen LogP contribution in [0.3, 0.4) is 0 Å². The number of fused-ring (bicyclic) bond motifs is 2. The monoisotopic (exact) mass is 444 g/mol. The Morgan fingerprint density at radius 2 is 1.48 bits per heavy atom. The van der Waals surface area contributed by atoms with E-state index >= 15 is 0 Å². The van der Waals surface area contributed by atoms with E-state index in [0.717, 1.165) is 5.56 Å². The summed E-state index contributed by atoms with van der Waals surface area (Å²) in [6, 6.07) is 17.8. The van der Waals surface area contributed by atoms with E-state index in [9.17, 15) is 13.2 Å². The molecule has 5 rings (SSSR count).